The Hall–Kier alpha value is -2.21. The third kappa shape index (κ3) is 2.33. The minimum atomic E-state index is -2.28. The molecular weight excluding hydrogens is 308 g/mol. The Balaban J connectivity index is 2.27. The van der Waals surface area contributed by atoms with Crippen LogP contribution in [0.4, 0.5) is 0 Å². The van der Waals surface area contributed by atoms with Gasteiger partial charge in [-0.05, 0) is 26.0 Å². The smallest absolute Gasteiger partial charge is 0.304 e. The zero-order chi connectivity index (χ0) is 17.2. The van der Waals surface area contributed by atoms with E-state index in [1.54, 1.807) is 62.4 Å². The lowest BCUT2D eigenvalue weighted by molar-refractivity contribution is -0.358. The third-order valence-corrected chi connectivity index (χ3v) is 3.99. The molecule has 126 valence electrons. The summed E-state index contributed by atoms with van der Waals surface area (Å²) in [5, 5.41) is 11.3. The Labute approximate surface area is 140 Å². The normalized spacial score (nSPS) is 25.9. The van der Waals surface area contributed by atoms with Gasteiger partial charge in [-0.3, -0.25) is 4.79 Å². The number of carbonyl (C=O) groups is 1. The number of fused-ring (bicyclic) bond motifs is 1. The van der Waals surface area contributed by atoms with Crippen molar-refractivity contribution in [2.75, 3.05) is 13.2 Å². The van der Waals surface area contributed by atoms with Crippen molar-refractivity contribution in [2.24, 2.45) is 0 Å². The predicted molar refractivity (Wildman–Crippen MR) is 87.7 cm³/mol. The molecule has 1 N–H and O–H groups in total. The third-order valence-electron chi connectivity index (χ3n) is 3.99. The van der Waals surface area contributed by atoms with Crippen LogP contribution in [0.25, 0.3) is 0 Å². The Bertz CT molecular complexity index is 730. The highest BCUT2D eigenvalue weighted by atomic mass is 16.8. The highest BCUT2D eigenvalue weighted by molar-refractivity contribution is 6.05. The van der Waals surface area contributed by atoms with Crippen molar-refractivity contribution in [2.45, 2.75) is 25.4 Å². The maximum absolute atomic E-state index is 13.1. The topological polar surface area (TPSA) is 65.0 Å². The molecule has 3 rings (SSSR count). The molecular formula is C19H20O5. The molecule has 2 atom stereocenters. The summed E-state index contributed by atoms with van der Waals surface area (Å²) in [4.78, 5) is 13.1. The summed E-state index contributed by atoms with van der Waals surface area (Å²) in [6.07, 6.45) is 0. The molecule has 5 heteroatoms. The van der Waals surface area contributed by atoms with Gasteiger partial charge in [-0.25, -0.2) is 0 Å². The van der Waals surface area contributed by atoms with Crippen LogP contribution in [0.3, 0.4) is 0 Å². The minimum absolute atomic E-state index is 0.120. The van der Waals surface area contributed by atoms with Crippen LogP contribution in [-0.4, -0.2) is 29.9 Å². The second kappa shape index (κ2) is 6.36. The van der Waals surface area contributed by atoms with E-state index in [9.17, 15) is 9.90 Å². The van der Waals surface area contributed by atoms with Crippen molar-refractivity contribution >= 4 is 5.78 Å². The van der Waals surface area contributed by atoms with Gasteiger partial charge in [0.15, 0.2) is 0 Å². The first-order chi connectivity index (χ1) is 11.6. The summed E-state index contributed by atoms with van der Waals surface area (Å²) in [7, 11) is 0. The number of aliphatic hydroxyl groups is 1. The second-order valence-electron chi connectivity index (χ2n) is 5.42. The molecule has 0 amide bonds. The van der Waals surface area contributed by atoms with E-state index in [1.165, 1.54) is 0 Å². The lowest BCUT2D eigenvalue weighted by Crippen LogP contribution is -2.65. The largest absolute Gasteiger partial charge is 0.451 e. The molecule has 0 saturated carbocycles. The number of carbonyl (C=O) groups excluding carboxylic acids is 1. The molecule has 0 aromatic heterocycles. The Morgan fingerprint density at radius 3 is 2.25 bits per heavy atom. The molecule has 2 unspecified atom stereocenters. The number of hydrogen-bond donors (Lipinski definition) is 1. The van der Waals surface area contributed by atoms with Gasteiger partial charge < -0.3 is 19.3 Å². The van der Waals surface area contributed by atoms with Gasteiger partial charge in [-0.15, -0.1) is 0 Å². The van der Waals surface area contributed by atoms with Crippen molar-refractivity contribution in [3.63, 3.8) is 0 Å². The molecule has 0 fully saturated rings. The van der Waals surface area contributed by atoms with Crippen LogP contribution in [0, 0.1) is 0 Å². The monoisotopic (exact) mass is 328 g/mol. The highest BCUT2D eigenvalue weighted by Crippen LogP contribution is 2.47. The summed E-state index contributed by atoms with van der Waals surface area (Å²) in [5.41, 5.74) is 0.769. The van der Waals surface area contributed by atoms with Crippen molar-refractivity contribution in [1.29, 1.82) is 0 Å². The molecule has 2 aromatic carbocycles. The predicted octanol–water partition coefficient (Wildman–Crippen LogP) is 2.88. The molecule has 24 heavy (non-hydrogen) atoms. The summed E-state index contributed by atoms with van der Waals surface area (Å²) < 4.78 is 17.4. The first-order valence-electron chi connectivity index (χ1n) is 7.97. The van der Waals surface area contributed by atoms with Crippen LogP contribution < -0.4 is 4.74 Å². The zero-order valence-electron chi connectivity index (χ0n) is 13.7. The first-order valence-corrected chi connectivity index (χ1v) is 7.97. The summed E-state index contributed by atoms with van der Waals surface area (Å²) in [6.45, 7) is 3.81. The highest BCUT2D eigenvalue weighted by Gasteiger charge is 2.65. The number of rotatable bonds is 5. The van der Waals surface area contributed by atoms with Gasteiger partial charge in [0.05, 0.1) is 5.56 Å². The number of ether oxygens (including phenoxy) is 3. The van der Waals surface area contributed by atoms with Gasteiger partial charge >= 0.3 is 5.79 Å². The standard InChI is InChI=1S/C19H20O5/c1-3-22-18(21)17(20)15-12-8-9-13-16(15)24-19(18,23-4-2)14-10-6-5-7-11-14/h5-13,21H,3-4H2,1-2H3. The zero-order valence-corrected chi connectivity index (χ0v) is 13.7. The number of Topliss-reactive ketones (excluding diaryl/α,β-unsaturated/α-hetero) is 1. The van der Waals surface area contributed by atoms with E-state index >= 15 is 0 Å². The van der Waals surface area contributed by atoms with Crippen LogP contribution in [-0.2, 0) is 15.3 Å². The maximum Gasteiger partial charge on any atom is 0.304 e. The molecule has 0 spiro atoms. The lowest BCUT2D eigenvalue weighted by atomic mass is 9.86. The molecule has 0 bridgehead atoms. The van der Waals surface area contributed by atoms with E-state index in [2.05, 4.69) is 0 Å². The van der Waals surface area contributed by atoms with E-state index in [-0.39, 0.29) is 18.8 Å². The van der Waals surface area contributed by atoms with Gasteiger partial charge in [-0.2, -0.15) is 0 Å². The fourth-order valence-corrected chi connectivity index (χ4v) is 2.99. The molecule has 5 nitrogen and oxygen atoms in total. The summed E-state index contributed by atoms with van der Waals surface area (Å²) in [5.74, 6) is -4.29. The van der Waals surface area contributed by atoms with Crippen LogP contribution in [0.1, 0.15) is 29.8 Å². The van der Waals surface area contributed by atoms with Gasteiger partial charge in [0, 0.05) is 18.8 Å². The van der Waals surface area contributed by atoms with E-state index in [0.29, 0.717) is 11.3 Å². The van der Waals surface area contributed by atoms with E-state index < -0.39 is 17.4 Å². The minimum Gasteiger partial charge on any atom is -0.451 e. The fraction of sp³-hybridized carbons (Fsp3) is 0.316. The maximum atomic E-state index is 13.1. The Morgan fingerprint density at radius 2 is 1.58 bits per heavy atom. The SMILES string of the molecule is CCOC1(O)C(=O)c2ccccc2OC1(OCC)c1ccccc1. The fourth-order valence-electron chi connectivity index (χ4n) is 2.99. The first kappa shape index (κ1) is 16.6. The van der Waals surface area contributed by atoms with Crippen molar-refractivity contribution in [3.05, 3.63) is 65.7 Å². The summed E-state index contributed by atoms with van der Waals surface area (Å²) in [6, 6.07) is 15.6. The number of hydrogen-bond acceptors (Lipinski definition) is 5. The molecule has 2 aromatic rings. The number of para-hydroxylation sites is 1. The lowest BCUT2D eigenvalue weighted by Gasteiger charge is -2.47. The van der Waals surface area contributed by atoms with E-state index in [1.807, 2.05) is 6.07 Å². The van der Waals surface area contributed by atoms with E-state index in [0.717, 1.165) is 0 Å². The quantitative estimate of drug-likeness (QED) is 0.855. The van der Waals surface area contributed by atoms with Crippen LogP contribution in [0.15, 0.2) is 54.6 Å². The molecule has 0 saturated heterocycles. The van der Waals surface area contributed by atoms with Gasteiger partial charge in [0.1, 0.15) is 5.75 Å². The number of ketones is 1. The molecule has 0 radical (unpaired) electrons. The second-order valence-corrected chi connectivity index (χ2v) is 5.42. The van der Waals surface area contributed by atoms with Crippen LogP contribution >= 0.6 is 0 Å². The Kier molecular flexibility index (Phi) is 4.41. The summed E-state index contributed by atoms with van der Waals surface area (Å²) >= 11 is 0. The van der Waals surface area contributed by atoms with Gasteiger partial charge in [-0.1, -0.05) is 42.5 Å². The molecule has 1 aliphatic heterocycles. The average molecular weight is 328 g/mol. The molecule has 1 aliphatic rings. The van der Waals surface area contributed by atoms with Crippen molar-refractivity contribution < 1.29 is 24.1 Å². The Morgan fingerprint density at radius 1 is 0.958 bits per heavy atom. The van der Waals surface area contributed by atoms with Crippen LogP contribution in [0.5, 0.6) is 5.75 Å². The van der Waals surface area contributed by atoms with Gasteiger partial charge in [0.25, 0.3) is 5.79 Å². The molecule has 1 heterocycles. The van der Waals surface area contributed by atoms with Crippen molar-refractivity contribution in [3.8, 4) is 5.75 Å². The van der Waals surface area contributed by atoms with E-state index in [4.69, 9.17) is 14.2 Å². The van der Waals surface area contributed by atoms with Crippen molar-refractivity contribution in [1.82, 2.24) is 0 Å². The number of benzene rings is 2. The molecule has 0 aliphatic carbocycles. The van der Waals surface area contributed by atoms with Gasteiger partial charge in [0.2, 0.25) is 5.78 Å². The average Bonchev–Trinajstić information content (AvgIpc) is 2.61. The van der Waals surface area contributed by atoms with Crippen LogP contribution in [0.2, 0.25) is 0 Å².